The lowest BCUT2D eigenvalue weighted by atomic mass is 9.99. The Morgan fingerprint density at radius 1 is 1.44 bits per heavy atom. The maximum Gasteiger partial charge on any atom is 0.107 e. The van der Waals surface area contributed by atoms with Gasteiger partial charge >= 0.3 is 0 Å². The second-order valence-electron chi connectivity index (χ2n) is 3.26. The van der Waals surface area contributed by atoms with Crippen LogP contribution in [-0.2, 0) is 4.74 Å². The highest BCUT2D eigenvalue weighted by atomic mass is 16.5. The molecule has 0 aliphatic rings. The minimum atomic E-state index is 0.233. The van der Waals surface area contributed by atoms with Gasteiger partial charge in [-0.3, -0.25) is 0 Å². The van der Waals surface area contributed by atoms with Crippen LogP contribution in [0.2, 0.25) is 0 Å². The summed E-state index contributed by atoms with van der Waals surface area (Å²) in [6, 6.07) is 0. The summed E-state index contributed by atoms with van der Waals surface area (Å²) in [4.78, 5) is 0. The van der Waals surface area contributed by atoms with Gasteiger partial charge in [0.25, 0.3) is 0 Å². The number of ether oxygens (including phenoxy) is 1. The first-order valence-electron chi connectivity index (χ1n) is 3.07. The summed E-state index contributed by atoms with van der Waals surface area (Å²) in [6.45, 7) is 7.50. The summed E-state index contributed by atoms with van der Waals surface area (Å²) in [5.74, 6) is 2.42. The predicted octanol–water partition coefficient (Wildman–Crippen LogP) is 1.68. The average Bonchev–Trinajstić information content (AvgIpc) is 1.63. The lowest BCUT2D eigenvalue weighted by Crippen LogP contribution is -2.14. The molecule has 0 atom stereocenters. The maximum absolute atomic E-state index is 5.11. The van der Waals surface area contributed by atoms with Gasteiger partial charge in [0.2, 0.25) is 0 Å². The van der Waals surface area contributed by atoms with E-state index >= 15 is 0 Å². The van der Waals surface area contributed by atoms with E-state index < -0.39 is 0 Å². The molecule has 0 aliphatic carbocycles. The zero-order valence-corrected chi connectivity index (χ0v) is 6.40. The van der Waals surface area contributed by atoms with Gasteiger partial charge in [-0.15, -0.1) is 6.42 Å². The molecule has 0 N–H and O–H groups in total. The van der Waals surface area contributed by atoms with Crippen molar-refractivity contribution >= 4 is 0 Å². The van der Waals surface area contributed by atoms with Crippen LogP contribution in [0.4, 0.5) is 0 Å². The Hall–Kier alpha value is -0.480. The Bertz CT molecular complexity index is 103. The van der Waals surface area contributed by atoms with E-state index in [1.807, 2.05) is 0 Å². The molecule has 0 unspecified atom stereocenters. The Labute approximate surface area is 57.4 Å². The van der Waals surface area contributed by atoms with Crippen molar-refractivity contribution in [2.24, 2.45) is 5.41 Å². The molecule has 0 rings (SSSR count). The fourth-order valence-electron chi connectivity index (χ4n) is 0.416. The van der Waals surface area contributed by atoms with Crippen LogP contribution in [0.15, 0.2) is 0 Å². The molecule has 0 aromatic carbocycles. The number of hydrogen-bond acceptors (Lipinski definition) is 1. The van der Waals surface area contributed by atoms with Gasteiger partial charge < -0.3 is 4.74 Å². The van der Waals surface area contributed by atoms with Crippen LogP contribution in [0.5, 0.6) is 0 Å². The molecule has 0 fully saturated rings. The minimum Gasteiger partial charge on any atom is -0.368 e. The molecule has 1 heteroatoms. The van der Waals surface area contributed by atoms with Crippen LogP contribution in [0.25, 0.3) is 0 Å². The molecular formula is C8H14O. The van der Waals surface area contributed by atoms with Gasteiger partial charge in [0.15, 0.2) is 0 Å². The van der Waals surface area contributed by atoms with Crippen LogP contribution in [0, 0.1) is 17.8 Å². The van der Waals surface area contributed by atoms with Crippen molar-refractivity contribution in [2.45, 2.75) is 20.8 Å². The molecule has 0 bridgehead atoms. The second-order valence-corrected chi connectivity index (χ2v) is 3.26. The number of hydrogen-bond donors (Lipinski definition) is 0. The first-order valence-corrected chi connectivity index (χ1v) is 3.07. The zero-order chi connectivity index (χ0) is 7.33. The SMILES string of the molecule is C#CCOCC(C)(C)C. The molecule has 0 aliphatic heterocycles. The largest absolute Gasteiger partial charge is 0.368 e. The van der Waals surface area contributed by atoms with Gasteiger partial charge in [0.1, 0.15) is 6.61 Å². The van der Waals surface area contributed by atoms with Crippen molar-refractivity contribution in [1.29, 1.82) is 0 Å². The summed E-state index contributed by atoms with van der Waals surface area (Å²) in [5, 5.41) is 0. The van der Waals surface area contributed by atoms with Crippen LogP contribution in [-0.4, -0.2) is 13.2 Å². The molecule has 0 aromatic heterocycles. The molecule has 0 aromatic rings. The Balaban J connectivity index is 3.20. The molecule has 1 nitrogen and oxygen atoms in total. The van der Waals surface area contributed by atoms with E-state index in [9.17, 15) is 0 Å². The molecule has 0 saturated carbocycles. The van der Waals surface area contributed by atoms with Crippen molar-refractivity contribution < 1.29 is 4.74 Å². The lowest BCUT2D eigenvalue weighted by molar-refractivity contribution is 0.0944. The van der Waals surface area contributed by atoms with Gasteiger partial charge in [-0.05, 0) is 5.41 Å². The lowest BCUT2D eigenvalue weighted by Gasteiger charge is -2.16. The van der Waals surface area contributed by atoms with E-state index in [1.165, 1.54) is 0 Å². The topological polar surface area (TPSA) is 9.23 Å². The zero-order valence-electron chi connectivity index (χ0n) is 6.40. The third kappa shape index (κ3) is 7.52. The van der Waals surface area contributed by atoms with Crippen molar-refractivity contribution in [2.75, 3.05) is 13.2 Å². The first-order chi connectivity index (χ1) is 4.06. The molecule has 0 heterocycles. The smallest absolute Gasteiger partial charge is 0.107 e. The molecule has 0 amide bonds. The van der Waals surface area contributed by atoms with Gasteiger partial charge in [0, 0.05) is 0 Å². The summed E-state index contributed by atoms with van der Waals surface area (Å²) < 4.78 is 5.11. The standard InChI is InChI=1S/C8H14O/c1-5-6-9-7-8(2,3)4/h1H,6-7H2,2-4H3. The van der Waals surface area contributed by atoms with E-state index in [0.717, 1.165) is 6.61 Å². The number of terminal acetylenes is 1. The summed E-state index contributed by atoms with van der Waals surface area (Å²) in [6.07, 6.45) is 4.98. The Morgan fingerprint density at radius 3 is 2.33 bits per heavy atom. The van der Waals surface area contributed by atoms with Crippen molar-refractivity contribution in [3.05, 3.63) is 0 Å². The third-order valence-corrected chi connectivity index (χ3v) is 0.720. The molecule has 9 heavy (non-hydrogen) atoms. The second kappa shape index (κ2) is 3.53. The van der Waals surface area contributed by atoms with E-state index in [-0.39, 0.29) is 5.41 Å². The highest BCUT2D eigenvalue weighted by molar-refractivity contribution is 4.83. The molecule has 0 radical (unpaired) electrons. The summed E-state index contributed by atoms with van der Waals surface area (Å²) in [5.41, 5.74) is 0.233. The van der Waals surface area contributed by atoms with Crippen molar-refractivity contribution in [3.8, 4) is 12.3 Å². The monoisotopic (exact) mass is 126 g/mol. The Kier molecular flexibility index (Phi) is 3.34. The van der Waals surface area contributed by atoms with Crippen LogP contribution in [0.3, 0.4) is 0 Å². The van der Waals surface area contributed by atoms with Crippen LogP contribution < -0.4 is 0 Å². The fourth-order valence-corrected chi connectivity index (χ4v) is 0.416. The molecule has 0 saturated heterocycles. The molecule has 0 spiro atoms. The van der Waals surface area contributed by atoms with Crippen molar-refractivity contribution in [3.63, 3.8) is 0 Å². The van der Waals surface area contributed by atoms with Gasteiger partial charge in [-0.25, -0.2) is 0 Å². The third-order valence-electron chi connectivity index (χ3n) is 0.720. The Morgan fingerprint density at radius 2 is 2.00 bits per heavy atom. The maximum atomic E-state index is 5.11. The fraction of sp³-hybridized carbons (Fsp3) is 0.750. The van der Waals surface area contributed by atoms with Gasteiger partial charge in [0.05, 0.1) is 6.61 Å². The van der Waals surface area contributed by atoms with Crippen LogP contribution in [0.1, 0.15) is 20.8 Å². The normalized spacial score (nSPS) is 10.9. The average molecular weight is 126 g/mol. The minimum absolute atomic E-state index is 0.233. The van der Waals surface area contributed by atoms with Gasteiger partial charge in [-0.1, -0.05) is 26.7 Å². The van der Waals surface area contributed by atoms with Crippen molar-refractivity contribution in [1.82, 2.24) is 0 Å². The quantitative estimate of drug-likeness (QED) is 0.404. The van der Waals surface area contributed by atoms with E-state index in [2.05, 4.69) is 26.7 Å². The van der Waals surface area contributed by atoms with E-state index in [1.54, 1.807) is 0 Å². The highest BCUT2D eigenvalue weighted by Gasteiger charge is 2.08. The van der Waals surface area contributed by atoms with Gasteiger partial charge in [-0.2, -0.15) is 0 Å². The molecular weight excluding hydrogens is 112 g/mol. The molecule has 52 valence electrons. The van der Waals surface area contributed by atoms with E-state index in [4.69, 9.17) is 11.2 Å². The predicted molar refractivity (Wildman–Crippen MR) is 39.1 cm³/mol. The first kappa shape index (κ1) is 8.52. The van der Waals surface area contributed by atoms with Crippen LogP contribution >= 0.6 is 0 Å². The summed E-state index contributed by atoms with van der Waals surface area (Å²) in [7, 11) is 0. The number of rotatable bonds is 2. The summed E-state index contributed by atoms with van der Waals surface area (Å²) >= 11 is 0. The highest BCUT2D eigenvalue weighted by Crippen LogP contribution is 2.12. The van der Waals surface area contributed by atoms with E-state index in [0.29, 0.717) is 6.61 Å².